The Hall–Kier alpha value is -0.280. The highest BCUT2D eigenvalue weighted by Crippen LogP contribution is 2.30. The first-order valence-corrected chi connectivity index (χ1v) is 8.22. The fourth-order valence-corrected chi connectivity index (χ4v) is 3.50. The van der Waals surface area contributed by atoms with Gasteiger partial charge in [0, 0.05) is 19.1 Å². The van der Waals surface area contributed by atoms with Crippen molar-refractivity contribution in [3.05, 3.63) is 33.8 Å². The van der Waals surface area contributed by atoms with Crippen LogP contribution in [0.4, 0.5) is 0 Å². The van der Waals surface area contributed by atoms with Crippen molar-refractivity contribution in [1.82, 2.24) is 4.90 Å². The van der Waals surface area contributed by atoms with Gasteiger partial charge in [-0.25, -0.2) is 0 Å². The number of rotatable bonds is 5. The first-order chi connectivity index (χ1) is 9.61. The number of halogens is 2. The Bertz CT molecular complexity index is 430. The molecule has 1 aliphatic rings. The highest BCUT2D eigenvalue weighted by Gasteiger charge is 2.21. The van der Waals surface area contributed by atoms with Gasteiger partial charge in [-0.15, -0.1) is 0 Å². The van der Waals surface area contributed by atoms with Crippen LogP contribution in [0.2, 0.25) is 10.0 Å². The third kappa shape index (κ3) is 4.11. The number of likely N-dealkylation sites (N-methyl/N-ethyl adjacent to an activating group) is 1. The van der Waals surface area contributed by atoms with Crippen LogP contribution in [0.5, 0.6) is 0 Å². The summed E-state index contributed by atoms with van der Waals surface area (Å²) in [5.41, 5.74) is 7.13. The fourth-order valence-electron chi connectivity index (χ4n) is 3.19. The zero-order valence-corrected chi connectivity index (χ0v) is 13.6. The van der Waals surface area contributed by atoms with Crippen LogP contribution < -0.4 is 5.73 Å². The first-order valence-electron chi connectivity index (χ1n) is 7.47. The standard InChI is InChI=1S/C16H24Cl2N2/c1-20(11-12-5-3-2-4-6-12)16(10-19)13-7-8-14(17)15(18)9-13/h7-9,12,16H,2-6,10-11,19H2,1H3. The number of hydrogen-bond donors (Lipinski definition) is 1. The third-order valence-corrected chi connectivity index (χ3v) is 5.09. The maximum Gasteiger partial charge on any atom is 0.0595 e. The van der Waals surface area contributed by atoms with Crippen molar-refractivity contribution in [2.24, 2.45) is 11.7 Å². The number of benzene rings is 1. The topological polar surface area (TPSA) is 29.3 Å². The molecule has 0 spiro atoms. The molecule has 2 rings (SSSR count). The van der Waals surface area contributed by atoms with Crippen LogP contribution in [0.3, 0.4) is 0 Å². The predicted molar refractivity (Wildman–Crippen MR) is 87.5 cm³/mol. The Morgan fingerprint density at radius 2 is 1.90 bits per heavy atom. The summed E-state index contributed by atoms with van der Waals surface area (Å²) in [6.07, 6.45) is 6.84. The van der Waals surface area contributed by atoms with Gasteiger partial charge in [-0.3, -0.25) is 4.90 Å². The zero-order chi connectivity index (χ0) is 14.5. The molecule has 1 aromatic rings. The Morgan fingerprint density at radius 3 is 2.50 bits per heavy atom. The molecule has 4 heteroatoms. The van der Waals surface area contributed by atoms with Gasteiger partial charge in [0.15, 0.2) is 0 Å². The average molecular weight is 315 g/mol. The summed E-state index contributed by atoms with van der Waals surface area (Å²) in [6.45, 7) is 1.71. The lowest BCUT2D eigenvalue weighted by molar-refractivity contribution is 0.186. The van der Waals surface area contributed by atoms with Gasteiger partial charge in [0.1, 0.15) is 0 Å². The summed E-state index contributed by atoms with van der Waals surface area (Å²) in [6, 6.07) is 6.05. The van der Waals surface area contributed by atoms with Crippen LogP contribution >= 0.6 is 23.2 Å². The van der Waals surface area contributed by atoms with Gasteiger partial charge >= 0.3 is 0 Å². The van der Waals surface area contributed by atoms with Gasteiger partial charge in [0.25, 0.3) is 0 Å². The average Bonchev–Trinajstić information content (AvgIpc) is 2.44. The van der Waals surface area contributed by atoms with E-state index in [1.165, 1.54) is 32.1 Å². The van der Waals surface area contributed by atoms with Gasteiger partial charge in [-0.2, -0.15) is 0 Å². The lowest BCUT2D eigenvalue weighted by Gasteiger charge is -2.32. The minimum absolute atomic E-state index is 0.215. The second-order valence-corrected chi connectivity index (χ2v) is 6.68. The van der Waals surface area contributed by atoms with E-state index in [-0.39, 0.29) is 6.04 Å². The van der Waals surface area contributed by atoms with E-state index in [1.807, 2.05) is 18.2 Å². The SMILES string of the molecule is CN(CC1CCCCC1)C(CN)c1ccc(Cl)c(Cl)c1. The summed E-state index contributed by atoms with van der Waals surface area (Å²) in [4.78, 5) is 2.37. The molecule has 0 radical (unpaired) electrons. The second-order valence-electron chi connectivity index (χ2n) is 5.87. The number of nitrogens with two attached hydrogens (primary N) is 1. The monoisotopic (exact) mass is 314 g/mol. The molecule has 0 aliphatic heterocycles. The quantitative estimate of drug-likeness (QED) is 0.866. The van der Waals surface area contributed by atoms with Crippen LogP contribution in [-0.4, -0.2) is 25.0 Å². The van der Waals surface area contributed by atoms with Crippen LogP contribution in [0.25, 0.3) is 0 Å². The van der Waals surface area contributed by atoms with Gasteiger partial charge in [0.05, 0.1) is 10.0 Å². The normalized spacial score (nSPS) is 18.4. The molecule has 112 valence electrons. The molecule has 0 bridgehead atoms. The summed E-state index contributed by atoms with van der Waals surface area (Å²) in [5.74, 6) is 0.811. The molecule has 2 N–H and O–H groups in total. The second kappa shape index (κ2) is 7.65. The van der Waals surface area contributed by atoms with Crippen LogP contribution in [0.15, 0.2) is 18.2 Å². The largest absolute Gasteiger partial charge is 0.329 e. The van der Waals surface area contributed by atoms with Gasteiger partial charge in [-0.05, 0) is 43.5 Å². The predicted octanol–water partition coefficient (Wildman–Crippen LogP) is 4.51. The molecule has 1 atom stereocenters. The van der Waals surface area contributed by atoms with Crippen LogP contribution in [-0.2, 0) is 0 Å². The van der Waals surface area contributed by atoms with Crippen molar-refractivity contribution >= 4 is 23.2 Å². The number of nitrogens with zero attached hydrogens (tertiary/aromatic N) is 1. The van der Waals surface area contributed by atoms with Crippen molar-refractivity contribution in [2.75, 3.05) is 20.1 Å². The van der Waals surface area contributed by atoms with E-state index >= 15 is 0 Å². The van der Waals surface area contributed by atoms with E-state index < -0.39 is 0 Å². The maximum absolute atomic E-state index is 6.12. The van der Waals surface area contributed by atoms with Crippen LogP contribution in [0, 0.1) is 5.92 Å². The van der Waals surface area contributed by atoms with Crippen LogP contribution in [0.1, 0.15) is 43.7 Å². The summed E-state index contributed by atoms with van der Waals surface area (Å²) >= 11 is 12.1. The highest BCUT2D eigenvalue weighted by atomic mass is 35.5. The highest BCUT2D eigenvalue weighted by molar-refractivity contribution is 6.42. The molecule has 1 aromatic carbocycles. The molecule has 0 saturated heterocycles. The summed E-state index contributed by atoms with van der Waals surface area (Å²) < 4.78 is 0. The molecule has 0 amide bonds. The van der Waals surface area contributed by atoms with Crippen molar-refractivity contribution in [2.45, 2.75) is 38.1 Å². The molecule has 2 nitrogen and oxygen atoms in total. The van der Waals surface area contributed by atoms with E-state index in [0.29, 0.717) is 16.6 Å². The Labute approximate surface area is 132 Å². The Morgan fingerprint density at radius 1 is 1.20 bits per heavy atom. The number of hydrogen-bond acceptors (Lipinski definition) is 2. The minimum Gasteiger partial charge on any atom is -0.329 e. The molecule has 1 unspecified atom stereocenters. The van der Waals surface area contributed by atoms with E-state index in [0.717, 1.165) is 18.0 Å². The molecular weight excluding hydrogens is 291 g/mol. The van der Waals surface area contributed by atoms with E-state index in [1.54, 1.807) is 0 Å². The molecule has 1 aliphatic carbocycles. The lowest BCUT2D eigenvalue weighted by Crippen LogP contribution is -2.34. The Kier molecular flexibility index (Phi) is 6.16. The lowest BCUT2D eigenvalue weighted by atomic mass is 9.88. The minimum atomic E-state index is 0.215. The molecule has 1 saturated carbocycles. The van der Waals surface area contributed by atoms with Gasteiger partial charge < -0.3 is 5.73 Å². The summed E-state index contributed by atoms with van der Waals surface area (Å²) in [7, 11) is 2.16. The van der Waals surface area contributed by atoms with E-state index in [9.17, 15) is 0 Å². The van der Waals surface area contributed by atoms with E-state index in [2.05, 4.69) is 11.9 Å². The first kappa shape index (κ1) is 16.1. The third-order valence-electron chi connectivity index (χ3n) is 4.35. The maximum atomic E-state index is 6.12. The summed E-state index contributed by atoms with van der Waals surface area (Å²) in [5, 5.41) is 1.20. The zero-order valence-electron chi connectivity index (χ0n) is 12.1. The van der Waals surface area contributed by atoms with Gasteiger partial charge in [-0.1, -0.05) is 48.5 Å². The van der Waals surface area contributed by atoms with E-state index in [4.69, 9.17) is 28.9 Å². The smallest absolute Gasteiger partial charge is 0.0595 e. The molecule has 1 fully saturated rings. The van der Waals surface area contributed by atoms with Crippen molar-refractivity contribution in [1.29, 1.82) is 0 Å². The van der Waals surface area contributed by atoms with Crippen molar-refractivity contribution in [3.8, 4) is 0 Å². The molecule has 0 aromatic heterocycles. The molecular formula is C16H24Cl2N2. The van der Waals surface area contributed by atoms with Crippen molar-refractivity contribution in [3.63, 3.8) is 0 Å². The van der Waals surface area contributed by atoms with Gasteiger partial charge in [0.2, 0.25) is 0 Å². The van der Waals surface area contributed by atoms with Crippen molar-refractivity contribution < 1.29 is 0 Å². The molecule has 0 heterocycles. The molecule has 20 heavy (non-hydrogen) atoms. The Balaban J connectivity index is 2.03. The fraction of sp³-hybridized carbons (Fsp3) is 0.625.